The van der Waals surface area contributed by atoms with E-state index in [-0.39, 0.29) is 23.3 Å². The van der Waals surface area contributed by atoms with Crippen LogP contribution in [0.3, 0.4) is 0 Å². The van der Waals surface area contributed by atoms with E-state index < -0.39 is 34.7 Å². The van der Waals surface area contributed by atoms with E-state index in [1.807, 2.05) is 37.4 Å². The van der Waals surface area contributed by atoms with Gasteiger partial charge in [0.25, 0.3) is 5.69 Å². The van der Waals surface area contributed by atoms with Crippen molar-refractivity contribution in [2.45, 2.75) is 64.0 Å². The smallest absolute Gasteiger partial charge is 0.269 e. The number of aryl methyl sites for hydroxylation is 2. The summed E-state index contributed by atoms with van der Waals surface area (Å²) in [6.45, 7) is 3.78. The van der Waals surface area contributed by atoms with Gasteiger partial charge in [0.05, 0.1) is 16.9 Å². The Kier molecular flexibility index (Phi) is 7.85. The van der Waals surface area contributed by atoms with Gasteiger partial charge < -0.3 is 10.6 Å². The van der Waals surface area contributed by atoms with Crippen LogP contribution in [0.2, 0.25) is 0 Å². The minimum absolute atomic E-state index is 0.143. The number of thiophene rings is 1. The molecule has 208 valence electrons. The first kappa shape index (κ1) is 27.7. The zero-order valence-electron chi connectivity index (χ0n) is 22.6. The predicted octanol–water partition coefficient (Wildman–Crippen LogP) is 5.87. The topological polar surface area (TPSA) is 124 Å². The third-order valence-electron chi connectivity index (χ3n) is 8.51. The number of carbonyl (C=O) groups is 3. The summed E-state index contributed by atoms with van der Waals surface area (Å²) >= 11 is 1.44. The molecule has 2 fully saturated rings. The van der Waals surface area contributed by atoms with Crippen LogP contribution in [0.25, 0.3) is 0 Å². The molecule has 1 saturated carbocycles. The summed E-state index contributed by atoms with van der Waals surface area (Å²) in [6.07, 6.45) is 4.25. The highest BCUT2D eigenvalue weighted by Gasteiger charge is 2.58. The number of ketones is 1. The third kappa shape index (κ3) is 4.94. The van der Waals surface area contributed by atoms with Crippen LogP contribution >= 0.6 is 11.3 Å². The lowest BCUT2D eigenvalue weighted by molar-refractivity contribution is -0.385. The van der Waals surface area contributed by atoms with Crippen molar-refractivity contribution in [3.05, 3.63) is 97.2 Å². The summed E-state index contributed by atoms with van der Waals surface area (Å²) in [5, 5.41) is 13.7. The number of nitro benzene ring substituents is 1. The Morgan fingerprint density at radius 1 is 0.975 bits per heavy atom. The zero-order chi connectivity index (χ0) is 28.6. The van der Waals surface area contributed by atoms with Crippen LogP contribution in [0.4, 0.5) is 5.69 Å². The maximum atomic E-state index is 14.6. The Hall–Kier alpha value is -3.85. The van der Waals surface area contributed by atoms with Crippen molar-refractivity contribution < 1.29 is 19.3 Å². The van der Waals surface area contributed by atoms with Crippen LogP contribution in [0, 0.1) is 35.8 Å². The third-order valence-corrected chi connectivity index (χ3v) is 9.63. The number of amides is 2. The number of rotatable bonds is 7. The molecule has 3 aromatic rings. The highest BCUT2D eigenvalue weighted by atomic mass is 32.1. The maximum Gasteiger partial charge on any atom is 0.269 e. The van der Waals surface area contributed by atoms with Gasteiger partial charge in [0, 0.05) is 34.4 Å². The Balaban J connectivity index is 1.77. The highest BCUT2D eigenvalue weighted by Crippen LogP contribution is 2.54. The van der Waals surface area contributed by atoms with Crippen LogP contribution in [0.5, 0.6) is 0 Å². The number of non-ortho nitro benzene ring substituents is 1. The number of carbonyl (C=O) groups excluding carboxylic acids is 3. The second-order valence-electron chi connectivity index (χ2n) is 10.9. The fourth-order valence-corrected chi connectivity index (χ4v) is 7.72. The average molecular weight is 560 g/mol. The number of nitrogens with two attached hydrogens (primary N) is 1. The number of hydrogen-bond donors (Lipinski definition) is 1. The van der Waals surface area contributed by atoms with E-state index in [2.05, 4.69) is 0 Å². The van der Waals surface area contributed by atoms with Gasteiger partial charge in [0.1, 0.15) is 6.04 Å². The molecule has 0 spiro atoms. The van der Waals surface area contributed by atoms with Crippen molar-refractivity contribution in [1.82, 2.24) is 4.90 Å². The summed E-state index contributed by atoms with van der Waals surface area (Å²) < 4.78 is 0. The molecule has 2 heterocycles. The van der Waals surface area contributed by atoms with E-state index in [0.717, 1.165) is 35.3 Å². The minimum atomic E-state index is -1.07. The van der Waals surface area contributed by atoms with Crippen LogP contribution in [-0.4, -0.2) is 33.5 Å². The van der Waals surface area contributed by atoms with Gasteiger partial charge in [-0.1, -0.05) is 55.7 Å². The molecule has 4 atom stereocenters. The molecule has 2 amide bonds. The van der Waals surface area contributed by atoms with Crippen molar-refractivity contribution >= 4 is 34.6 Å². The van der Waals surface area contributed by atoms with E-state index in [1.165, 1.54) is 28.4 Å². The molecule has 4 unspecified atom stereocenters. The molecule has 1 aliphatic heterocycles. The van der Waals surface area contributed by atoms with Gasteiger partial charge in [-0.3, -0.25) is 24.5 Å². The van der Waals surface area contributed by atoms with E-state index >= 15 is 0 Å². The summed E-state index contributed by atoms with van der Waals surface area (Å²) in [5.41, 5.74) is 8.60. The molecule has 9 heteroatoms. The number of nitro groups is 1. The highest BCUT2D eigenvalue weighted by molar-refractivity contribution is 7.10. The van der Waals surface area contributed by atoms with E-state index in [9.17, 15) is 24.5 Å². The first-order valence-electron chi connectivity index (χ1n) is 13.7. The van der Waals surface area contributed by atoms with Crippen molar-refractivity contribution in [3.8, 4) is 0 Å². The van der Waals surface area contributed by atoms with E-state index in [4.69, 9.17) is 5.73 Å². The van der Waals surface area contributed by atoms with Gasteiger partial charge in [-0.2, -0.15) is 0 Å². The normalized spacial score (nSPS) is 23.2. The summed E-state index contributed by atoms with van der Waals surface area (Å²) in [7, 11) is 0. The van der Waals surface area contributed by atoms with Crippen LogP contribution in [-0.2, 0) is 9.59 Å². The van der Waals surface area contributed by atoms with Crippen LogP contribution in [0.15, 0.2) is 60.0 Å². The molecule has 1 aromatic heterocycles. The van der Waals surface area contributed by atoms with E-state index in [1.54, 1.807) is 24.3 Å². The molecule has 1 saturated heterocycles. The van der Waals surface area contributed by atoms with Gasteiger partial charge in [-0.25, -0.2) is 0 Å². The van der Waals surface area contributed by atoms with Crippen molar-refractivity contribution in [3.63, 3.8) is 0 Å². The minimum Gasteiger partial charge on any atom is -0.368 e. The number of likely N-dealkylation sites (tertiary alicyclic amines) is 1. The summed E-state index contributed by atoms with van der Waals surface area (Å²) in [4.78, 5) is 55.9. The summed E-state index contributed by atoms with van der Waals surface area (Å²) in [5.74, 6) is -2.96. The van der Waals surface area contributed by atoms with Crippen molar-refractivity contribution in [2.75, 3.05) is 0 Å². The first-order valence-corrected chi connectivity index (χ1v) is 14.6. The fourth-order valence-electron chi connectivity index (χ4n) is 6.62. The molecule has 5 rings (SSSR count). The van der Waals surface area contributed by atoms with Crippen LogP contribution in [0.1, 0.15) is 76.0 Å². The standard InChI is InChI=1S/C31H33N3O5S/c1-18-9-6-7-14-23(18)28(35)24-25(29-19(2)15-16-40-29)27(30(32)36)33(31(37)20-10-4-3-5-11-20)26(24)21-12-8-13-22(17-21)34(38)39/h6-9,12-17,20,24-27H,3-5,10-11H2,1-2H3,(H2,32,36). The molecule has 0 bridgehead atoms. The molecule has 0 radical (unpaired) electrons. The number of nitrogens with zero attached hydrogens (tertiary/aromatic N) is 2. The van der Waals surface area contributed by atoms with E-state index in [0.29, 0.717) is 24.0 Å². The largest absolute Gasteiger partial charge is 0.368 e. The Morgan fingerprint density at radius 3 is 2.33 bits per heavy atom. The van der Waals surface area contributed by atoms with Gasteiger partial charge in [0.2, 0.25) is 11.8 Å². The molecule has 2 aliphatic rings. The Labute approximate surface area is 237 Å². The number of Topliss-reactive ketones (excluding diaryl/α,β-unsaturated/α-hetero) is 1. The quantitative estimate of drug-likeness (QED) is 0.220. The van der Waals surface area contributed by atoms with Gasteiger partial charge in [-0.15, -0.1) is 11.3 Å². The van der Waals surface area contributed by atoms with Crippen molar-refractivity contribution in [1.29, 1.82) is 0 Å². The Morgan fingerprint density at radius 2 is 1.70 bits per heavy atom. The molecule has 2 aromatic carbocycles. The Bertz CT molecular complexity index is 1460. The van der Waals surface area contributed by atoms with Gasteiger partial charge >= 0.3 is 0 Å². The lowest BCUT2D eigenvalue weighted by atomic mass is 9.77. The average Bonchev–Trinajstić information content (AvgIpc) is 3.54. The molecular weight excluding hydrogens is 526 g/mol. The lowest BCUT2D eigenvalue weighted by Gasteiger charge is -2.35. The SMILES string of the molecule is Cc1ccccc1C(=O)C1C(c2sccc2C)C(C(N)=O)N(C(=O)C2CCCCC2)C1c1cccc([N+](=O)[O-])c1. The van der Waals surface area contributed by atoms with Gasteiger partial charge in [0.15, 0.2) is 5.78 Å². The van der Waals surface area contributed by atoms with Gasteiger partial charge in [-0.05, 0) is 54.8 Å². The maximum absolute atomic E-state index is 14.6. The van der Waals surface area contributed by atoms with Crippen LogP contribution < -0.4 is 5.73 Å². The summed E-state index contributed by atoms with van der Waals surface area (Å²) in [6, 6.07) is 13.3. The molecular formula is C31H33N3O5S. The molecule has 40 heavy (non-hydrogen) atoms. The zero-order valence-corrected chi connectivity index (χ0v) is 23.4. The fraction of sp³-hybridized carbons (Fsp3) is 0.387. The number of benzene rings is 2. The lowest BCUT2D eigenvalue weighted by Crippen LogP contribution is -2.49. The molecule has 1 aliphatic carbocycles. The first-order chi connectivity index (χ1) is 19.2. The monoisotopic (exact) mass is 559 g/mol. The molecule has 2 N–H and O–H groups in total. The number of primary amides is 1. The molecule has 8 nitrogen and oxygen atoms in total. The predicted molar refractivity (Wildman–Crippen MR) is 153 cm³/mol. The second-order valence-corrected chi connectivity index (χ2v) is 11.9. The number of hydrogen-bond acceptors (Lipinski definition) is 6. The van der Waals surface area contributed by atoms with Crippen molar-refractivity contribution in [2.24, 2.45) is 17.6 Å². The second kappa shape index (κ2) is 11.3.